The van der Waals surface area contributed by atoms with Crippen LogP contribution in [0.1, 0.15) is 16.7 Å². The Hall–Kier alpha value is -4.83. The Morgan fingerprint density at radius 2 is 1.65 bits per heavy atom. The topological polar surface area (TPSA) is 105 Å². The van der Waals surface area contributed by atoms with Gasteiger partial charge in [-0.3, -0.25) is 13.9 Å². The molecular formula is C33H31N3O6S. The second-order valence-electron chi connectivity index (χ2n) is 10.5. The van der Waals surface area contributed by atoms with E-state index < -0.39 is 16.1 Å². The number of nitrogens with one attached hydrogen (secondary N) is 1. The van der Waals surface area contributed by atoms with Gasteiger partial charge in [0.05, 0.1) is 22.8 Å². The van der Waals surface area contributed by atoms with Crippen LogP contribution in [0.15, 0.2) is 102 Å². The molecule has 43 heavy (non-hydrogen) atoms. The Morgan fingerprint density at radius 3 is 2.44 bits per heavy atom. The zero-order valence-corrected chi connectivity index (χ0v) is 24.4. The van der Waals surface area contributed by atoms with Crippen molar-refractivity contribution in [1.82, 2.24) is 5.32 Å². The van der Waals surface area contributed by atoms with Crippen LogP contribution in [0.4, 0.5) is 11.4 Å². The third kappa shape index (κ3) is 5.78. The van der Waals surface area contributed by atoms with Crippen molar-refractivity contribution in [3.05, 3.63) is 114 Å². The first-order chi connectivity index (χ1) is 20.8. The lowest BCUT2D eigenvalue weighted by atomic mass is 10.1. The number of para-hydroxylation sites is 3. The summed E-state index contributed by atoms with van der Waals surface area (Å²) in [5.41, 5.74) is 3.78. The molecule has 1 N–H and O–H groups in total. The van der Waals surface area contributed by atoms with Crippen LogP contribution in [-0.2, 0) is 32.6 Å². The molecule has 0 saturated heterocycles. The fraction of sp³-hybridized carbons (Fsp3) is 0.212. The number of rotatable bonds is 8. The summed E-state index contributed by atoms with van der Waals surface area (Å²) in [6.07, 6.45) is -0.234. The van der Waals surface area contributed by atoms with Crippen LogP contribution in [0.2, 0.25) is 0 Å². The summed E-state index contributed by atoms with van der Waals surface area (Å²) < 4.78 is 40.1. The second kappa shape index (κ2) is 11.8. The minimum Gasteiger partial charge on any atom is -0.483 e. The average molecular weight is 598 g/mol. The molecule has 2 aliphatic heterocycles. The molecule has 9 nitrogen and oxygen atoms in total. The van der Waals surface area contributed by atoms with E-state index in [0.29, 0.717) is 47.9 Å². The van der Waals surface area contributed by atoms with E-state index in [2.05, 4.69) is 5.32 Å². The number of anilines is 2. The Morgan fingerprint density at radius 1 is 0.930 bits per heavy atom. The van der Waals surface area contributed by atoms with Gasteiger partial charge in [-0.05, 0) is 66.4 Å². The van der Waals surface area contributed by atoms with Crippen LogP contribution in [0.5, 0.6) is 11.5 Å². The van der Waals surface area contributed by atoms with Crippen LogP contribution >= 0.6 is 0 Å². The van der Waals surface area contributed by atoms with Crippen molar-refractivity contribution in [3.8, 4) is 11.5 Å². The molecule has 4 aromatic rings. The van der Waals surface area contributed by atoms with E-state index in [9.17, 15) is 18.0 Å². The molecule has 0 bridgehead atoms. The van der Waals surface area contributed by atoms with E-state index in [1.54, 1.807) is 43.3 Å². The molecule has 4 aromatic carbocycles. The molecule has 220 valence electrons. The lowest BCUT2D eigenvalue weighted by Gasteiger charge is -2.34. The van der Waals surface area contributed by atoms with E-state index in [4.69, 9.17) is 9.47 Å². The minimum absolute atomic E-state index is 0.0211. The van der Waals surface area contributed by atoms with Crippen LogP contribution in [0, 0.1) is 6.92 Å². The zero-order valence-electron chi connectivity index (χ0n) is 23.6. The maximum absolute atomic E-state index is 13.4. The van der Waals surface area contributed by atoms with Crippen molar-refractivity contribution in [2.45, 2.75) is 30.9 Å². The number of hydrogen-bond donors (Lipinski definition) is 1. The van der Waals surface area contributed by atoms with Gasteiger partial charge in [0.2, 0.25) is 0 Å². The Bertz CT molecular complexity index is 1780. The van der Waals surface area contributed by atoms with Crippen LogP contribution in [-0.4, -0.2) is 46.0 Å². The number of nitrogens with zero attached hydrogens (tertiary/aromatic N) is 2. The summed E-state index contributed by atoms with van der Waals surface area (Å²) in [6.45, 7) is 2.19. The van der Waals surface area contributed by atoms with Gasteiger partial charge in [-0.25, -0.2) is 8.42 Å². The van der Waals surface area contributed by atoms with Crippen LogP contribution in [0.25, 0.3) is 0 Å². The van der Waals surface area contributed by atoms with Gasteiger partial charge in [0.25, 0.3) is 21.8 Å². The first kappa shape index (κ1) is 28.3. The fourth-order valence-corrected chi connectivity index (χ4v) is 6.94. The molecule has 1 atom stereocenters. The number of benzene rings is 4. The number of carbonyl (C=O) groups is 2. The Kier molecular flexibility index (Phi) is 7.77. The number of fused-ring (bicyclic) bond motifs is 2. The minimum atomic E-state index is -3.76. The standard InChI is InChI=1S/C33H31N3O6S/c1-23-19-26(43(39,40)36-18-17-25-11-5-6-12-27(25)36)15-16-29(23)41-22-32(37)35-21-31(42-30-14-8-7-13-28(30)35)33(38)34-20-24-9-3-2-4-10-24/h2-16,19,31H,17-18,20-22H2,1H3,(H,34,38). The quantitative estimate of drug-likeness (QED) is 0.326. The molecule has 0 spiro atoms. The van der Waals surface area contributed by atoms with Gasteiger partial charge in [-0.2, -0.15) is 0 Å². The molecular weight excluding hydrogens is 566 g/mol. The van der Waals surface area contributed by atoms with Crippen molar-refractivity contribution < 1.29 is 27.5 Å². The zero-order chi connectivity index (χ0) is 30.0. The number of hydrogen-bond acceptors (Lipinski definition) is 6. The number of ether oxygens (including phenoxy) is 2. The van der Waals surface area contributed by atoms with Crippen molar-refractivity contribution in [1.29, 1.82) is 0 Å². The van der Waals surface area contributed by atoms with Crippen molar-refractivity contribution in [2.75, 3.05) is 28.9 Å². The highest BCUT2D eigenvalue weighted by Gasteiger charge is 2.34. The summed E-state index contributed by atoms with van der Waals surface area (Å²) >= 11 is 0. The summed E-state index contributed by atoms with van der Waals surface area (Å²) in [6, 6.07) is 28.7. The smallest absolute Gasteiger partial charge is 0.265 e. The van der Waals surface area contributed by atoms with Crippen molar-refractivity contribution in [3.63, 3.8) is 0 Å². The van der Waals surface area contributed by atoms with E-state index in [1.807, 2.05) is 54.6 Å². The molecule has 2 amide bonds. The summed E-state index contributed by atoms with van der Waals surface area (Å²) in [5, 5.41) is 2.88. The molecule has 0 fully saturated rings. The van der Waals surface area contributed by atoms with Gasteiger partial charge < -0.3 is 19.7 Å². The van der Waals surface area contributed by atoms with E-state index in [1.165, 1.54) is 15.3 Å². The van der Waals surface area contributed by atoms with E-state index in [-0.39, 0.29) is 29.9 Å². The number of carbonyl (C=O) groups excluding carboxylic acids is 2. The van der Waals surface area contributed by atoms with Gasteiger partial charge in [0, 0.05) is 13.1 Å². The normalized spacial score (nSPS) is 15.7. The molecule has 0 saturated carbocycles. The third-order valence-corrected chi connectivity index (χ3v) is 9.42. The van der Waals surface area contributed by atoms with Gasteiger partial charge >= 0.3 is 0 Å². The molecule has 2 aliphatic rings. The summed E-state index contributed by atoms with van der Waals surface area (Å²) in [7, 11) is -3.76. The highest BCUT2D eigenvalue weighted by Crippen LogP contribution is 2.35. The van der Waals surface area contributed by atoms with Crippen molar-refractivity contribution >= 4 is 33.2 Å². The van der Waals surface area contributed by atoms with E-state index >= 15 is 0 Å². The highest BCUT2D eigenvalue weighted by molar-refractivity contribution is 7.92. The SMILES string of the molecule is Cc1cc(S(=O)(=O)N2CCc3ccccc32)ccc1OCC(=O)N1CC(C(=O)NCc2ccccc2)Oc2ccccc21. The fourth-order valence-electron chi connectivity index (χ4n) is 5.35. The number of sulfonamides is 1. The number of aryl methyl sites for hydroxylation is 1. The third-order valence-electron chi connectivity index (χ3n) is 7.61. The van der Waals surface area contributed by atoms with Crippen LogP contribution < -0.4 is 24.0 Å². The average Bonchev–Trinajstić information content (AvgIpc) is 3.48. The lowest BCUT2D eigenvalue weighted by molar-refractivity contribution is -0.128. The van der Waals surface area contributed by atoms with Gasteiger partial charge in [-0.15, -0.1) is 0 Å². The second-order valence-corrected chi connectivity index (χ2v) is 12.3. The largest absolute Gasteiger partial charge is 0.483 e. The first-order valence-corrected chi connectivity index (χ1v) is 15.5. The summed E-state index contributed by atoms with van der Waals surface area (Å²) in [5.74, 6) is 0.135. The highest BCUT2D eigenvalue weighted by atomic mass is 32.2. The Balaban J connectivity index is 1.13. The van der Waals surface area contributed by atoms with Gasteiger partial charge in [-0.1, -0.05) is 60.7 Å². The molecule has 0 radical (unpaired) electrons. The van der Waals surface area contributed by atoms with Gasteiger partial charge in [0.15, 0.2) is 12.7 Å². The van der Waals surface area contributed by atoms with Gasteiger partial charge in [0.1, 0.15) is 11.5 Å². The predicted octanol–water partition coefficient (Wildman–Crippen LogP) is 4.24. The monoisotopic (exact) mass is 597 g/mol. The van der Waals surface area contributed by atoms with Crippen LogP contribution in [0.3, 0.4) is 0 Å². The van der Waals surface area contributed by atoms with Crippen molar-refractivity contribution in [2.24, 2.45) is 0 Å². The molecule has 0 aromatic heterocycles. The summed E-state index contributed by atoms with van der Waals surface area (Å²) in [4.78, 5) is 28.1. The molecule has 6 rings (SSSR count). The molecule has 1 unspecified atom stereocenters. The van der Waals surface area contributed by atoms with E-state index in [0.717, 1.165) is 11.1 Å². The number of amides is 2. The molecule has 2 heterocycles. The lowest BCUT2D eigenvalue weighted by Crippen LogP contribution is -2.51. The maximum Gasteiger partial charge on any atom is 0.265 e. The maximum atomic E-state index is 13.4. The predicted molar refractivity (Wildman–Crippen MR) is 163 cm³/mol. The molecule has 0 aliphatic carbocycles. The Labute approximate surface area is 250 Å². The first-order valence-electron chi connectivity index (χ1n) is 14.0. The molecule has 10 heteroatoms.